The molecule has 1 rings (SSSR count). The maximum absolute atomic E-state index is 10.8. The molecule has 56 valence electrons. The lowest BCUT2D eigenvalue weighted by Gasteiger charge is -2.23. The largest absolute Gasteiger partial charge is 0.391 e. The summed E-state index contributed by atoms with van der Waals surface area (Å²) in [5, 5.41) is 3.57. The molecule has 6 nitrogen and oxygen atoms in total. The maximum atomic E-state index is 10.8. The Morgan fingerprint density at radius 3 is 2.60 bits per heavy atom. The van der Waals surface area contributed by atoms with Crippen LogP contribution >= 0.6 is 0 Å². The second kappa shape index (κ2) is 2.07. The van der Waals surface area contributed by atoms with Crippen LogP contribution in [-0.2, 0) is 4.79 Å². The van der Waals surface area contributed by atoms with Gasteiger partial charge in [0.15, 0.2) is 0 Å². The summed E-state index contributed by atoms with van der Waals surface area (Å²) in [5.74, 6) is 4.92. The summed E-state index contributed by atoms with van der Waals surface area (Å²) in [6.07, 6.45) is 0. The van der Waals surface area contributed by atoms with E-state index in [1.54, 1.807) is 0 Å². The van der Waals surface area contributed by atoms with Crippen LogP contribution in [0.2, 0.25) is 0 Å². The van der Waals surface area contributed by atoms with E-state index in [2.05, 4.69) is 5.32 Å². The molecule has 0 radical (unpaired) electrons. The zero-order valence-corrected chi connectivity index (χ0v) is 5.29. The highest BCUT2D eigenvalue weighted by Gasteiger charge is 2.20. The summed E-state index contributed by atoms with van der Waals surface area (Å²) >= 11 is 0. The summed E-state index contributed by atoms with van der Waals surface area (Å²) in [7, 11) is 0. The number of hydrogen-bond acceptors (Lipinski definition) is 5. The van der Waals surface area contributed by atoms with Crippen molar-refractivity contribution in [1.82, 2.24) is 10.3 Å². The van der Waals surface area contributed by atoms with Crippen LogP contribution in [0.3, 0.4) is 0 Å². The number of rotatable bonds is 0. The van der Waals surface area contributed by atoms with Gasteiger partial charge in [0.25, 0.3) is 5.91 Å². The molecular weight excluding hydrogens is 134 g/mol. The van der Waals surface area contributed by atoms with Gasteiger partial charge in [-0.25, -0.2) is 5.84 Å². The third-order valence-corrected chi connectivity index (χ3v) is 1.22. The van der Waals surface area contributed by atoms with Crippen molar-refractivity contribution in [3.63, 3.8) is 0 Å². The molecule has 7 N–H and O–H groups in total. The molecule has 1 aliphatic rings. The van der Waals surface area contributed by atoms with Crippen molar-refractivity contribution < 1.29 is 4.79 Å². The highest BCUT2D eigenvalue weighted by molar-refractivity contribution is 5.93. The van der Waals surface area contributed by atoms with Crippen LogP contribution in [0.15, 0.2) is 11.5 Å². The Hall–Kier alpha value is -1.43. The lowest BCUT2D eigenvalue weighted by atomic mass is 10.3. The monoisotopic (exact) mass is 143 g/mol. The number of carbonyl (C=O) groups excluding carboxylic acids is 1. The first-order valence-corrected chi connectivity index (χ1v) is 2.68. The number of nitrogens with two attached hydrogens (primary N) is 3. The minimum Gasteiger partial charge on any atom is -0.391 e. The first-order valence-electron chi connectivity index (χ1n) is 2.68. The molecule has 1 heterocycles. The van der Waals surface area contributed by atoms with E-state index in [4.69, 9.17) is 17.3 Å². The van der Waals surface area contributed by atoms with Gasteiger partial charge in [0.05, 0.1) is 0 Å². The van der Waals surface area contributed by atoms with E-state index in [9.17, 15) is 4.79 Å². The number of nitrogens with zero attached hydrogens (tertiary/aromatic N) is 1. The topological polar surface area (TPSA) is 110 Å². The Balaban J connectivity index is 2.88. The quantitative estimate of drug-likeness (QED) is 0.218. The van der Waals surface area contributed by atoms with E-state index in [0.717, 1.165) is 5.01 Å². The van der Waals surface area contributed by atoms with Crippen molar-refractivity contribution in [3.05, 3.63) is 11.5 Å². The van der Waals surface area contributed by atoms with E-state index < -0.39 is 5.91 Å². The molecule has 0 atom stereocenters. The molecule has 0 saturated heterocycles. The fourth-order valence-corrected chi connectivity index (χ4v) is 0.607. The number of amides is 1. The van der Waals surface area contributed by atoms with E-state index in [1.807, 2.05) is 0 Å². The lowest BCUT2D eigenvalue weighted by molar-refractivity contribution is -0.128. The number of hydrazine groups is 1. The first kappa shape index (κ1) is 6.69. The van der Waals surface area contributed by atoms with Crippen molar-refractivity contribution in [2.75, 3.05) is 6.67 Å². The SMILES string of the molecule is NC1=C(N)C(=O)N(N)CN1. The lowest BCUT2D eigenvalue weighted by Crippen LogP contribution is -2.52. The minimum atomic E-state index is -0.448. The normalized spacial score (nSPS) is 19.3. The van der Waals surface area contributed by atoms with Crippen molar-refractivity contribution >= 4 is 5.91 Å². The van der Waals surface area contributed by atoms with Crippen molar-refractivity contribution in [3.8, 4) is 0 Å². The van der Waals surface area contributed by atoms with Crippen molar-refractivity contribution in [2.45, 2.75) is 0 Å². The van der Waals surface area contributed by atoms with Crippen molar-refractivity contribution in [2.24, 2.45) is 17.3 Å². The fraction of sp³-hybridized carbons (Fsp3) is 0.250. The molecule has 0 saturated carbocycles. The first-order chi connectivity index (χ1) is 4.63. The molecule has 0 spiro atoms. The van der Waals surface area contributed by atoms with E-state index >= 15 is 0 Å². The van der Waals surface area contributed by atoms with Gasteiger partial charge in [0, 0.05) is 0 Å². The summed E-state index contributed by atoms with van der Waals surface area (Å²) in [5.41, 5.74) is 10.5. The molecular formula is C4H9N5O. The third kappa shape index (κ3) is 0.841. The van der Waals surface area contributed by atoms with Gasteiger partial charge in [-0.3, -0.25) is 9.80 Å². The Bertz CT molecular complexity index is 198. The summed E-state index contributed by atoms with van der Waals surface area (Å²) in [6.45, 7) is 0.200. The van der Waals surface area contributed by atoms with E-state index in [-0.39, 0.29) is 18.2 Å². The molecule has 0 aliphatic carbocycles. The van der Waals surface area contributed by atoms with Crippen molar-refractivity contribution in [1.29, 1.82) is 0 Å². The minimum absolute atomic E-state index is 0.0336. The van der Waals surface area contributed by atoms with Crippen LogP contribution < -0.4 is 22.6 Å². The number of hydrogen-bond donors (Lipinski definition) is 4. The molecule has 0 aromatic carbocycles. The summed E-state index contributed by atoms with van der Waals surface area (Å²) in [6, 6.07) is 0. The second-order valence-corrected chi connectivity index (χ2v) is 1.94. The highest BCUT2D eigenvalue weighted by atomic mass is 16.2. The average Bonchev–Trinajstić information content (AvgIpc) is 1.93. The van der Waals surface area contributed by atoms with Crippen LogP contribution in [0.4, 0.5) is 0 Å². The van der Waals surface area contributed by atoms with Crippen LogP contribution in [0, 0.1) is 0 Å². The fourth-order valence-electron chi connectivity index (χ4n) is 0.607. The smallest absolute Gasteiger partial charge is 0.289 e. The molecule has 0 aromatic heterocycles. The Labute approximate surface area is 57.6 Å². The van der Waals surface area contributed by atoms with Gasteiger partial charge in [0.2, 0.25) is 0 Å². The Morgan fingerprint density at radius 2 is 2.10 bits per heavy atom. The molecule has 0 unspecified atom stereocenters. The van der Waals surface area contributed by atoms with E-state index in [1.165, 1.54) is 0 Å². The second-order valence-electron chi connectivity index (χ2n) is 1.94. The molecule has 0 bridgehead atoms. The highest BCUT2D eigenvalue weighted by Crippen LogP contribution is 1.97. The molecule has 1 amide bonds. The molecule has 1 aliphatic heterocycles. The van der Waals surface area contributed by atoms with Crippen LogP contribution in [0.25, 0.3) is 0 Å². The van der Waals surface area contributed by atoms with Gasteiger partial charge in [-0.05, 0) is 0 Å². The van der Waals surface area contributed by atoms with Gasteiger partial charge in [-0.1, -0.05) is 0 Å². The predicted molar refractivity (Wildman–Crippen MR) is 34.4 cm³/mol. The molecule has 0 fully saturated rings. The Kier molecular flexibility index (Phi) is 1.38. The third-order valence-electron chi connectivity index (χ3n) is 1.22. The average molecular weight is 143 g/mol. The van der Waals surface area contributed by atoms with Gasteiger partial charge in [0.1, 0.15) is 18.2 Å². The van der Waals surface area contributed by atoms with Gasteiger partial charge < -0.3 is 16.8 Å². The van der Waals surface area contributed by atoms with Crippen LogP contribution in [0.1, 0.15) is 0 Å². The number of nitrogens with one attached hydrogen (secondary N) is 1. The summed E-state index contributed by atoms with van der Waals surface area (Å²) < 4.78 is 0. The van der Waals surface area contributed by atoms with Gasteiger partial charge >= 0.3 is 0 Å². The zero-order valence-electron chi connectivity index (χ0n) is 5.29. The summed E-state index contributed by atoms with van der Waals surface area (Å²) in [4.78, 5) is 10.8. The van der Waals surface area contributed by atoms with Crippen LogP contribution in [0.5, 0.6) is 0 Å². The molecule has 10 heavy (non-hydrogen) atoms. The molecule has 0 aromatic rings. The maximum Gasteiger partial charge on any atom is 0.289 e. The van der Waals surface area contributed by atoms with E-state index in [0.29, 0.717) is 0 Å². The standard InChI is InChI=1S/C4H9N5O/c5-2-3(6)8-1-9(7)4(2)10/h8H,1,5-7H2. The van der Waals surface area contributed by atoms with Crippen LogP contribution in [-0.4, -0.2) is 17.6 Å². The number of carbonyl (C=O) groups is 1. The Morgan fingerprint density at radius 1 is 1.50 bits per heavy atom. The molecule has 6 heteroatoms. The van der Waals surface area contributed by atoms with Gasteiger partial charge in [-0.15, -0.1) is 0 Å². The van der Waals surface area contributed by atoms with Gasteiger partial charge in [-0.2, -0.15) is 0 Å². The zero-order chi connectivity index (χ0) is 7.72. The predicted octanol–water partition coefficient (Wildman–Crippen LogP) is -2.66.